The highest BCUT2D eigenvalue weighted by molar-refractivity contribution is 5.87. The Kier molecular flexibility index (Phi) is 6.88. The molecule has 1 aliphatic rings. The summed E-state index contributed by atoms with van der Waals surface area (Å²) in [6.45, 7) is 8.31. The Balaban J connectivity index is 2.01. The summed E-state index contributed by atoms with van der Waals surface area (Å²) in [7, 11) is 0. The van der Waals surface area contributed by atoms with Crippen molar-refractivity contribution in [1.82, 2.24) is 15.1 Å². The number of carbonyl (C=O) groups excluding carboxylic acids is 2. The molecule has 1 aromatic carbocycles. The molecule has 1 unspecified atom stereocenters. The molecular formula is C20H29N3O5. The fourth-order valence-corrected chi connectivity index (χ4v) is 3.16. The number of nitrogens with zero attached hydrogens (tertiary/aromatic N) is 2. The lowest BCUT2D eigenvalue weighted by Crippen LogP contribution is -2.61. The van der Waals surface area contributed by atoms with Gasteiger partial charge in [0.1, 0.15) is 12.6 Å². The first-order valence-electron chi connectivity index (χ1n) is 9.35. The minimum Gasteiger partial charge on any atom is -0.465 e. The van der Waals surface area contributed by atoms with Crippen molar-refractivity contribution in [3.63, 3.8) is 0 Å². The number of carbonyl (C=O) groups is 3. The van der Waals surface area contributed by atoms with E-state index in [1.807, 2.05) is 51.1 Å². The van der Waals surface area contributed by atoms with E-state index in [1.54, 1.807) is 11.8 Å². The predicted molar refractivity (Wildman–Crippen MR) is 104 cm³/mol. The van der Waals surface area contributed by atoms with E-state index >= 15 is 0 Å². The summed E-state index contributed by atoms with van der Waals surface area (Å²) in [5.41, 5.74) is 0.321. The van der Waals surface area contributed by atoms with Gasteiger partial charge < -0.3 is 25.0 Å². The fraction of sp³-hybridized carbons (Fsp3) is 0.550. The normalized spacial score (nSPS) is 18.4. The molecule has 1 fully saturated rings. The largest absolute Gasteiger partial charge is 0.465 e. The first-order valence-corrected chi connectivity index (χ1v) is 9.35. The Bertz CT molecular complexity index is 702. The molecule has 2 rings (SSSR count). The number of amides is 3. The summed E-state index contributed by atoms with van der Waals surface area (Å²) >= 11 is 0. The minimum absolute atomic E-state index is 0.116. The Morgan fingerprint density at radius 1 is 1.21 bits per heavy atom. The third-order valence-corrected chi connectivity index (χ3v) is 4.77. The SMILES string of the molecule is CC1CN(C(=O)O)CCN1C(=O)[C@@H](NC(=O)OCc1ccccc1)C(C)(C)C. The van der Waals surface area contributed by atoms with Crippen LogP contribution in [0.4, 0.5) is 9.59 Å². The molecule has 2 atom stereocenters. The zero-order valence-corrected chi connectivity index (χ0v) is 16.8. The van der Waals surface area contributed by atoms with E-state index in [0.717, 1.165) is 5.56 Å². The van der Waals surface area contributed by atoms with E-state index in [-0.39, 0.29) is 31.6 Å². The number of alkyl carbamates (subject to hydrolysis) is 1. The molecule has 3 amide bonds. The second kappa shape index (κ2) is 8.95. The van der Waals surface area contributed by atoms with Gasteiger partial charge in [0.25, 0.3) is 0 Å². The maximum absolute atomic E-state index is 13.1. The quantitative estimate of drug-likeness (QED) is 0.822. The van der Waals surface area contributed by atoms with E-state index in [1.165, 1.54) is 4.90 Å². The number of piperazine rings is 1. The molecule has 0 saturated carbocycles. The number of hydrogen-bond acceptors (Lipinski definition) is 4. The monoisotopic (exact) mass is 391 g/mol. The van der Waals surface area contributed by atoms with Crippen LogP contribution in [0.25, 0.3) is 0 Å². The first kappa shape index (κ1) is 21.5. The Hall–Kier alpha value is -2.77. The maximum atomic E-state index is 13.1. The van der Waals surface area contributed by atoms with Crippen molar-refractivity contribution in [1.29, 1.82) is 0 Å². The zero-order chi connectivity index (χ0) is 20.9. The molecule has 0 aliphatic carbocycles. The molecule has 0 spiro atoms. The van der Waals surface area contributed by atoms with Gasteiger partial charge in [0.05, 0.1) is 0 Å². The van der Waals surface area contributed by atoms with E-state index in [2.05, 4.69) is 5.32 Å². The highest BCUT2D eigenvalue weighted by Gasteiger charge is 2.39. The summed E-state index contributed by atoms with van der Waals surface area (Å²) in [4.78, 5) is 39.5. The van der Waals surface area contributed by atoms with E-state index in [4.69, 9.17) is 9.84 Å². The summed E-state index contributed by atoms with van der Waals surface area (Å²) in [6, 6.07) is 8.24. The molecule has 28 heavy (non-hydrogen) atoms. The lowest BCUT2D eigenvalue weighted by Gasteiger charge is -2.42. The van der Waals surface area contributed by atoms with Crippen molar-refractivity contribution in [3.05, 3.63) is 35.9 Å². The van der Waals surface area contributed by atoms with Crippen molar-refractivity contribution in [2.24, 2.45) is 5.41 Å². The standard InChI is InChI=1S/C20H29N3O5/c1-14-12-22(19(26)27)10-11-23(14)17(24)16(20(2,3)4)21-18(25)28-13-15-8-6-5-7-9-15/h5-9,14,16H,10-13H2,1-4H3,(H,21,25)(H,26,27)/t14?,16-/m1/s1. The molecule has 8 heteroatoms. The van der Waals surface area contributed by atoms with E-state index in [0.29, 0.717) is 6.54 Å². The summed E-state index contributed by atoms with van der Waals surface area (Å²) in [5.74, 6) is -0.235. The molecule has 0 radical (unpaired) electrons. The van der Waals surface area contributed by atoms with Gasteiger partial charge in [-0.05, 0) is 17.9 Å². The second-order valence-electron chi connectivity index (χ2n) is 8.11. The molecule has 1 heterocycles. The third-order valence-electron chi connectivity index (χ3n) is 4.77. The molecule has 1 aliphatic heterocycles. The predicted octanol–water partition coefficient (Wildman–Crippen LogP) is 2.54. The van der Waals surface area contributed by atoms with Crippen LogP contribution in [0.3, 0.4) is 0 Å². The lowest BCUT2D eigenvalue weighted by atomic mass is 9.85. The van der Waals surface area contributed by atoms with Crippen molar-refractivity contribution in [3.8, 4) is 0 Å². The summed E-state index contributed by atoms with van der Waals surface area (Å²) < 4.78 is 5.26. The van der Waals surface area contributed by atoms with Gasteiger partial charge in [-0.3, -0.25) is 4.79 Å². The van der Waals surface area contributed by atoms with Gasteiger partial charge in [0.2, 0.25) is 5.91 Å². The highest BCUT2D eigenvalue weighted by Crippen LogP contribution is 2.23. The van der Waals surface area contributed by atoms with Crippen molar-refractivity contribution in [2.45, 2.75) is 46.4 Å². The van der Waals surface area contributed by atoms with Gasteiger partial charge in [-0.1, -0.05) is 51.1 Å². The third kappa shape index (κ3) is 5.61. The van der Waals surface area contributed by atoms with Gasteiger partial charge in [-0.2, -0.15) is 0 Å². The summed E-state index contributed by atoms with van der Waals surface area (Å²) in [6.07, 6.45) is -1.65. The lowest BCUT2D eigenvalue weighted by molar-refractivity contribution is -0.140. The van der Waals surface area contributed by atoms with Crippen LogP contribution in [0.1, 0.15) is 33.3 Å². The molecule has 2 N–H and O–H groups in total. The Labute approximate surface area is 165 Å². The average molecular weight is 391 g/mol. The van der Waals surface area contributed by atoms with Gasteiger partial charge in [-0.15, -0.1) is 0 Å². The number of benzene rings is 1. The molecule has 0 aromatic heterocycles. The number of ether oxygens (including phenoxy) is 1. The molecule has 1 aromatic rings. The second-order valence-corrected chi connectivity index (χ2v) is 8.11. The summed E-state index contributed by atoms with van der Waals surface area (Å²) in [5, 5.41) is 11.8. The van der Waals surface area contributed by atoms with Gasteiger partial charge in [-0.25, -0.2) is 9.59 Å². The molecule has 0 bridgehead atoms. The number of carboxylic acid groups (broad SMARTS) is 1. The van der Waals surface area contributed by atoms with E-state index in [9.17, 15) is 14.4 Å². The Morgan fingerprint density at radius 2 is 1.86 bits per heavy atom. The highest BCUT2D eigenvalue weighted by atomic mass is 16.5. The van der Waals surface area contributed by atoms with Gasteiger partial charge >= 0.3 is 12.2 Å². The van der Waals surface area contributed by atoms with E-state index < -0.39 is 23.6 Å². The van der Waals surface area contributed by atoms with Crippen molar-refractivity contribution < 1.29 is 24.2 Å². The molecule has 1 saturated heterocycles. The van der Waals surface area contributed by atoms with Crippen LogP contribution in [0.5, 0.6) is 0 Å². The molecule has 154 valence electrons. The zero-order valence-electron chi connectivity index (χ0n) is 16.8. The van der Waals surface area contributed by atoms with Crippen LogP contribution in [-0.4, -0.2) is 64.7 Å². The average Bonchev–Trinajstić information content (AvgIpc) is 2.63. The number of hydrogen-bond donors (Lipinski definition) is 2. The fourth-order valence-electron chi connectivity index (χ4n) is 3.16. The van der Waals surface area contributed by atoms with Crippen LogP contribution in [0.15, 0.2) is 30.3 Å². The van der Waals surface area contributed by atoms with Gasteiger partial charge in [0, 0.05) is 25.7 Å². The van der Waals surface area contributed by atoms with Crippen LogP contribution in [0.2, 0.25) is 0 Å². The van der Waals surface area contributed by atoms with Crippen LogP contribution >= 0.6 is 0 Å². The molecular weight excluding hydrogens is 362 g/mol. The topological polar surface area (TPSA) is 99.2 Å². The first-order chi connectivity index (χ1) is 13.1. The van der Waals surface area contributed by atoms with Crippen LogP contribution in [-0.2, 0) is 16.1 Å². The van der Waals surface area contributed by atoms with Crippen LogP contribution < -0.4 is 5.32 Å². The minimum atomic E-state index is -0.992. The smallest absolute Gasteiger partial charge is 0.408 e. The van der Waals surface area contributed by atoms with Crippen LogP contribution in [0, 0.1) is 5.41 Å². The molecule has 8 nitrogen and oxygen atoms in total. The Morgan fingerprint density at radius 3 is 2.39 bits per heavy atom. The van der Waals surface area contributed by atoms with Crippen molar-refractivity contribution >= 4 is 18.1 Å². The number of nitrogens with one attached hydrogen (secondary N) is 1. The van der Waals surface area contributed by atoms with Gasteiger partial charge in [0.15, 0.2) is 0 Å². The van der Waals surface area contributed by atoms with Crippen molar-refractivity contribution in [2.75, 3.05) is 19.6 Å². The number of rotatable bonds is 4. The maximum Gasteiger partial charge on any atom is 0.408 e.